The van der Waals surface area contributed by atoms with Crippen LogP contribution in [0.15, 0.2) is 18.3 Å². The molecular formula is C18H20ClN3O5. The Morgan fingerprint density at radius 3 is 2.52 bits per heavy atom. The molecule has 1 amide bonds. The van der Waals surface area contributed by atoms with Gasteiger partial charge in [-0.2, -0.15) is 5.10 Å². The molecule has 1 aliphatic heterocycles. The molecule has 1 unspecified atom stereocenters. The monoisotopic (exact) mass is 393 g/mol. The van der Waals surface area contributed by atoms with E-state index in [-0.39, 0.29) is 23.0 Å². The number of amides is 1. The number of carboxylic acids is 1. The number of aryl methyl sites for hydroxylation is 1. The number of methoxy groups -OCH3 is 2. The molecule has 0 aliphatic carbocycles. The molecule has 3 rings (SSSR count). The Bertz CT molecular complexity index is 876. The molecule has 1 atom stereocenters. The number of nitrogens with zero attached hydrogens (tertiary/aromatic N) is 3. The predicted octanol–water partition coefficient (Wildman–Crippen LogP) is 2.31. The van der Waals surface area contributed by atoms with Crippen molar-refractivity contribution in [2.24, 2.45) is 7.05 Å². The maximum absolute atomic E-state index is 13.1. The first kappa shape index (κ1) is 19.0. The van der Waals surface area contributed by atoms with E-state index >= 15 is 0 Å². The lowest BCUT2D eigenvalue weighted by Crippen LogP contribution is -2.41. The normalized spacial score (nSPS) is 16.0. The van der Waals surface area contributed by atoms with Gasteiger partial charge in [-0.1, -0.05) is 11.6 Å². The van der Waals surface area contributed by atoms with Crippen molar-refractivity contribution < 1.29 is 24.2 Å². The van der Waals surface area contributed by atoms with E-state index in [1.54, 1.807) is 20.2 Å². The Kier molecular flexibility index (Phi) is 5.27. The zero-order chi connectivity index (χ0) is 19.7. The molecule has 8 nitrogen and oxygen atoms in total. The van der Waals surface area contributed by atoms with E-state index in [2.05, 4.69) is 5.10 Å². The fourth-order valence-electron chi connectivity index (χ4n) is 3.44. The zero-order valence-electron chi connectivity index (χ0n) is 15.2. The minimum Gasteiger partial charge on any atom is -0.493 e. The van der Waals surface area contributed by atoms with Crippen molar-refractivity contribution in [1.82, 2.24) is 14.7 Å². The second kappa shape index (κ2) is 7.48. The van der Waals surface area contributed by atoms with Gasteiger partial charge in [0.25, 0.3) is 5.91 Å². The third kappa shape index (κ3) is 3.44. The molecule has 0 radical (unpaired) electrons. The first-order valence-electron chi connectivity index (χ1n) is 8.32. The summed E-state index contributed by atoms with van der Waals surface area (Å²) in [5.41, 5.74) is 1.89. The Labute approximate surface area is 161 Å². The second-order valence-electron chi connectivity index (χ2n) is 6.23. The summed E-state index contributed by atoms with van der Waals surface area (Å²) >= 11 is 6.12. The van der Waals surface area contributed by atoms with Crippen molar-refractivity contribution in [1.29, 1.82) is 0 Å². The highest BCUT2D eigenvalue weighted by Gasteiger charge is 2.35. The Morgan fingerprint density at radius 1 is 1.30 bits per heavy atom. The van der Waals surface area contributed by atoms with Crippen LogP contribution < -0.4 is 9.47 Å². The van der Waals surface area contributed by atoms with Crippen LogP contribution in [0, 0.1) is 0 Å². The van der Waals surface area contributed by atoms with Crippen molar-refractivity contribution in [2.75, 3.05) is 20.8 Å². The zero-order valence-corrected chi connectivity index (χ0v) is 16.0. The van der Waals surface area contributed by atoms with Gasteiger partial charge >= 0.3 is 5.97 Å². The first-order valence-corrected chi connectivity index (χ1v) is 8.70. The third-order valence-corrected chi connectivity index (χ3v) is 5.00. The second-order valence-corrected chi connectivity index (χ2v) is 6.64. The van der Waals surface area contributed by atoms with E-state index in [1.807, 2.05) is 6.07 Å². The minimum atomic E-state index is -1.00. The van der Waals surface area contributed by atoms with Crippen LogP contribution in [0.25, 0.3) is 0 Å². The molecule has 144 valence electrons. The number of aliphatic carboxylic acids is 1. The van der Waals surface area contributed by atoms with Gasteiger partial charge in [-0.25, -0.2) is 0 Å². The number of hydrogen-bond acceptors (Lipinski definition) is 5. The summed E-state index contributed by atoms with van der Waals surface area (Å²) < 4.78 is 12.1. The number of ether oxygens (including phenoxy) is 2. The van der Waals surface area contributed by atoms with Crippen molar-refractivity contribution in [3.8, 4) is 11.5 Å². The first-order chi connectivity index (χ1) is 12.9. The van der Waals surface area contributed by atoms with Crippen LogP contribution in [-0.2, 0) is 18.3 Å². The highest BCUT2D eigenvalue weighted by molar-refractivity contribution is 6.33. The van der Waals surface area contributed by atoms with Crippen molar-refractivity contribution >= 4 is 23.5 Å². The van der Waals surface area contributed by atoms with Crippen LogP contribution >= 0.6 is 11.6 Å². The van der Waals surface area contributed by atoms with Crippen molar-refractivity contribution in [3.63, 3.8) is 0 Å². The van der Waals surface area contributed by atoms with Gasteiger partial charge in [-0.15, -0.1) is 0 Å². The lowest BCUT2D eigenvalue weighted by molar-refractivity contribution is -0.138. The Morgan fingerprint density at radius 2 is 1.96 bits per heavy atom. The summed E-state index contributed by atoms with van der Waals surface area (Å²) in [4.78, 5) is 26.2. The SMILES string of the molecule is COc1cc2c(cc1OC)C(CC(=O)O)N(C(=O)c1c(Cl)cnn1C)CC2. The molecule has 27 heavy (non-hydrogen) atoms. The molecule has 2 heterocycles. The summed E-state index contributed by atoms with van der Waals surface area (Å²) in [6, 6.07) is 2.93. The number of halogens is 1. The molecule has 1 aromatic carbocycles. The molecule has 9 heteroatoms. The molecule has 1 aliphatic rings. The molecule has 1 aromatic heterocycles. The van der Waals surface area contributed by atoms with Gasteiger partial charge in [-0.05, 0) is 29.7 Å². The molecule has 0 bridgehead atoms. The molecule has 0 saturated heterocycles. The van der Waals surface area contributed by atoms with E-state index in [4.69, 9.17) is 21.1 Å². The highest BCUT2D eigenvalue weighted by atomic mass is 35.5. The van der Waals surface area contributed by atoms with Gasteiger partial charge in [0, 0.05) is 13.6 Å². The Hall–Kier alpha value is -2.74. The molecule has 2 aromatic rings. The summed E-state index contributed by atoms with van der Waals surface area (Å²) in [7, 11) is 4.68. The summed E-state index contributed by atoms with van der Waals surface area (Å²) in [6.07, 6.45) is 1.73. The summed E-state index contributed by atoms with van der Waals surface area (Å²) in [5.74, 6) is -0.303. The average Bonchev–Trinajstić information content (AvgIpc) is 2.98. The number of carboxylic acid groups (broad SMARTS) is 1. The van der Waals surface area contributed by atoms with Gasteiger partial charge in [-0.3, -0.25) is 14.3 Å². The van der Waals surface area contributed by atoms with E-state index in [0.29, 0.717) is 24.5 Å². The van der Waals surface area contributed by atoms with Crippen LogP contribution in [0.4, 0.5) is 0 Å². The average molecular weight is 394 g/mol. The quantitative estimate of drug-likeness (QED) is 0.837. The largest absolute Gasteiger partial charge is 0.493 e. The third-order valence-electron chi connectivity index (χ3n) is 4.73. The number of carbonyl (C=O) groups is 2. The van der Waals surface area contributed by atoms with E-state index < -0.39 is 12.0 Å². The maximum atomic E-state index is 13.1. The number of rotatable bonds is 5. The molecule has 0 saturated carbocycles. The number of hydrogen-bond donors (Lipinski definition) is 1. The van der Waals surface area contributed by atoms with Gasteiger partial charge in [0.15, 0.2) is 11.5 Å². The standard InChI is InChI=1S/C18H20ClN3O5/c1-21-17(12(19)9-20-21)18(25)22-5-4-10-6-14(26-2)15(27-3)7-11(10)13(22)8-16(23)24/h6-7,9,13H,4-5,8H2,1-3H3,(H,23,24). The molecule has 0 fully saturated rings. The lowest BCUT2D eigenvalue weighted by atomic mass is 9.89. The molecule has 1 N–H and O–H groups in total. The van der Waals surface area contributed by atoms with Gasteiger partial charge in [0.05, 0.1) is 37.9 Å². The Balaban J connectivity index is 2.07. The predicted molar refractivity (Wildman–Crippen MR) is 97.5 cm³/mol. The topological polar surface area (TPSA) is 93.9 Å². The van der Waals surface area contributed by atoms with Crippen LogP contribution in [0.2, 0.25) is 5.02 Å². The van der Waals surface area contributed by atoms with E-state index in [0.717, 1.165) is 11.1 Å². The van der Waals surface area contributed by atoms with E-state index in [9.17, 15) is 14.7 Å². The van der Waals surface area contributed by atoms with Crippen molar-refractivity contribution in [3.05, 3.63) is 40.2 Å². The fourth-order valence-corrected chi connectivity index (χ4v) is 3.69. The molecular weight excluding hydrogens is 374 g/mol. The van der Waals surface area contributed by atoms with Crippen LogP contribution in [0.3, 0.4) is 0 Å². The number of carbonyl (C=O) groups excluding carboxylic acids is 1. The van der Waals surface area contributed by atoms with Gasteiger partial charge < -0.3 is 19.5 Å². The lowest BCUT2D eigenvalue weighted by Gasteiger charge is -2.37. The summed E-state index contributed by atoms with van der Waals surface area (Å²) in [6.45, 7) is 0.362. The highest BCUT2D eigenvalue weighted by Crippen LogP contribution is 2.40. The number of aromatic nitrogens is 2. The van der Waals surface area contributed by atoms with Crippen LogP contribution in [-0.4, -0.2) is 52.4 Å². The van der Waals surface area contributed by atoms with Crippen LogP contribution in [0.1, 0.15) is 34.1 Å². The van der Waals surface area contributed by atoms with Crippen molar-refractivity contribution in [2.45, 2.75) is 18.9 Å². The smallest absolute Gasteiger partial charge is 0.305 e. The van der Waals surface area contributed by atoms with Crippen LogP contribution in [0.5, 0.6) is 11.5 Å². The molecule has 0 spiro atoms. The number of fused-ring (bicyclic) bond motifs is 1. The maximum Gasteiger partial charge on any atom is 0.305 e. The minimum absolute atomic E-state index is 0.231. The van der Waals surface area contributed by atoms with Gasteiger partial charge in [0.2, 0.25) is 0 Å². The van der Waals surface area contributed by atoms with E-state index in [1.165, 1.54) is 22.9 Å². The number of benzene rings is 1. The van der Waals surface area contributed by atoms with Gasteiger partial charge in [0.1, 0.15) is 5.69 Å². The fraction of sp³-hybridized carbons (Fsp3) is 0.389. The summed E-state index contributed by atoms with van der Waals surface area (Å²) in [5, 5.41) is 13.6.